The molecule has 1 spiro atoms. The molecule has 1 aliphatic heterocycles. The molecule has 0 saturated carbocycles. The molecule has 0 N–H and O–H groups in total. The molecule has 1 saturated heterocycles. The number of nitrogens with zero attached hydrogens (tertiary/aromatic N) is 2. The van der Waals surface area contributed by atoms with Gasteiger partial charge in [0, 0.05) is 18.8 Å². The Morgan fingerprint density at radius 3 is 2.32 bits per heavy atom. The lowest BCUT2D eigenvalue weighted by atomic mass is 9.64. The number of amides is 1. The maximum absolute atomic E-state index is 12.5. The lowest BCUT2D eigenvalue weighted by Gasteiger charge is -2.45. The Hall–Kier alpha value is -2.62. The molecule has 0 bridgehead atoms. The Kier molecular flexibility index (Phi) is 5.92. The van der Waals surface area contributed by atoms with Crippen molar-refractivity contribution < 1.29 is 9.53 Å². The van der Waals surface area contributed by atoms with Crippen LogP contribution in [0.25, 0.3) is 0 Å². The van der Waals surface area contributed by atoms with Gasteiger partial charge in [0.1, 0.15) is 5.60 Å². The fourth-order valence-electron chi connectivity index (χ4n) is 4.96. The molecule has 1 amide bonds. The second-order valence-electron chi connectivity index (χ2n) is 9.96. The van der Waals surface area contributed by atoms with E-state index in [2.05, 4.69) is 55.5 Å². The lowest BCUT2D eigenvalue weighted by Crippen LogP contribution is -2.48. The number of ether oxygens (including phenoxy) is 1. The van der Waals surface area contributed by atoms with E-state index in [1.54, 1.807) is 0 Å². The van der Waals surface area contributed by atoms with Crippen LogP contribution in [0.5, 0.6) is 0 Å². The van der Waals surface area contributed by atoms with Crippen molar-refractivity contribution in [1.29, 1.82) is 0 Å². The van der Waals surface area contributed by atoms with E-state index in [9.17, 15) is 4.79 Å². The van der Waals surface area contributed by atoms with Crippen molar-refractivity contribution in [3.05, 3.63) is 71.3 Å². The number of piperidine rings is 1. The summed E-state index contributed by atoms with van der Waals surface area (Å²) in [6.07, 6.45) is 3.84. The quantitative estimate of drug-likeness (QED) is 0.574. The minimum absolute atomic E-state index is 0.129. The first kappa shape index (κ1) is 21.6. The fraction of sp³-hybridized carbons (Fsp3) is 0.481. The van der Waals surface area contributed by atoms with Gasteiger partial charge in [-0.2, -0.15) is 0 Å². The number of aliphatic imine (C=N–C) groups is 1. The molecule has 1 fully saturated rings. The predicted octanol–water partition coefficient (Wildman–Crippen LogP) is 6.30. The van der Waals surface area contributed by atoms with Crippen molar-refractivity contribution in [2.24, 2.45) is 4.99 Å². The molecular formula is C27H34N2O2. The highest BCUT2D eigenvalue weighted by Crippen LogP contribution is 2.45. The van der Waals surface area contributed by atoms with Crippen LogP contribution in [0.2, 0.25) is 0 Å². The highest BCUT2D eigenvalue weighted by Gasteiger charge is 2.42. The minimum Gasteiger partial charge on any atom is -0.444 e. The molecular weight excluding hydrogens is 384 g/mol. The van der Waals surface area contributed by atoms with Crippen LogP contribution >= 0.6 is 0 Å². The van der Waals surface area contributed by atoms with Gasteiger partial charge >= 0.3 is 6.09 Å². The number of likely N-dealkylation sites (tertiary alicyclic amines) is 1. The Labute approximate surface area is 186 Å². The van der Waals surface area contributed by atoms with Gasteiger partial charge in [0.05, 0.1) is 6.04 Å². The van der Waals surface area contributed by atoms with E-state index in [1.807, 2.05) is 31.7 Å². The van der Waals surface area contributed by atoms with Crippen LogP contribution in [0.15, 0.2) is 59.6 Å². The van der Waals surface area contributed by atoms with Gasteiger partial charge in [-0.25, -0.2) is 4.79 Å². The Balaban J connectivity index is 1.54. The van der Waals surface area contributed by atoms with Crippen LogP contribution in [0, 0.1) is 0 Å². The number of rotatable bonds is 2. The van der Waals surface area contributed by atoms with E-state index in [4.69, 9.17) is 9.73 Å². The summed E-state index contributed by atoms with van der Waals surface area (Å²) >= 11 is 0. The smallest absolute Gasteiger partial charge is 0.410 e. The lowest BCUT2D eigenvalue weighted by molar-refractivity contribution is 0.0158. The maximum Gasteiger partial charge on any atom is 0.410 e. The first-order chi connectivity index (χ1) is 14.8. The number of carbonyl (C=O) groups excluding carboxylic acids is 1. The van der Waals surface area contributed by atoms with Gasteiger partial charge in [0.2, 0.25) is 0 Å². The average molecular weight is 419 g/mol. The van der Waals surface area contributed by atoms with Crippen molar-refractivity contribution in [3.63, 3.8) is 0 Å². The first-order valence-electron chi connectivity index (χ1n) is 11.5. The van der Waals surface area contributed by atoms with E-state index in [1.165, 1.54) is 22.4 Å². The number of carbonyl (C=O) groups is 1. The highest BCUT2D eigenvalue weighted by atomic mass is 16.6. The van der Waals surface area contributed by atoms with Crippen LogP contribution in [0.3, 0.4) is 0 Å². The van der Waals surface area contributed by atoms with E-state index in [-0.39, 0.29) is 17.6 Å². The van der Waals surface area contributed by atoms with Crippen LogP contribution in [-0.4, -0.2) is 35.4 Å². The first-order valence-corrected chi connectivity index (χ1v) is 11.5. The Morgan fingerprint density at radius 2 is 1.65 bits per heavy atom. The Morgan fingerprint density at radius 1 is 1.00 bits per heavy atom. The monoisotopic (exact) mass is 418 g/mol. The Bertz CT molecular complexity index is 951. The summed E-state index contributed by atoms with van der Waals surface area (Å²) in [5, 5.41) is 0. The third-order valence-corrected chi connectivity index (χ3v) is 6.65. The zero-order valence-electron chi connectivity index (χ0n) is 19.2. The molecule has 2 aliphatic rings. The zero-order valence-corrected chi connectivity index (χ0v) is 19.2. The van der Waals surface area contributed by atoms with E-state index in [0.717, 1.165) is 38.8 Å². The maximum atomic E-state index is 12.5. The summed E-state index contributed by atoms with van der Waals surface area (Å²) in [5.74, 6) is 0. The summed E-state index contributed by atoms with van der Waals surface area (Å²) in [7, 11) is 0. The van der Waals surface area contributed by atoms with Gasteiger partial charge in [-0.15, -0.1) is 0 Å². The highest BCUT2D eigenvalue weighted by molar-refractivity contribution is 6.03. The second kappa shape index (κ2) is 8.49. The van der Waals surface area contributed by atoms with E-state index >= 15 is 0 Å². The van der Waals surface area contributed by atoms with Crippen LogP contribution in [-0.2, 0) is 10.2 Å². The number of benzene rings is 2. The predicted molar refractivity (Wildman–Crippen MR) is 126 cm³/mol. The van der Waals surface area contributed by atoms with Gasteiger partial charge in [0.25, 0.3) is 0 Å². The molecule has 4 nitrogen and oxygen atoms in total. The molecule has 164 valence electrons. The standard InChI is InChI=1S/C27H34N2O2/c1-20(21-10-6-5-7-11-21)28-24-14-15-27(23-13-9-8-12-22(23)24)16-18-29(19-17-27)25(30)31-26(2,3)4/h5-13,20H,14-19H2,1-4H3/b28-24+. The van der Waals surface area contributed by atoms with Gasteiger partial charge in [-0.1, -0.05) is 54.6 Å². The van der Waals surface area contributed by atoms with Gasteiger partial charge in [-0.3, -0.25) is 4.99 Å². The van der Waals surface area contributed by atoms with Crippen molar-refractivity contribution in [1.82, 2.24) is 4.90 Å². The molecule has 1 heterocycles. The number of hydrogen-bond donors (Lipinski definition) is 0. The zero-order chi connectivity index (χ0) is 22.1. The molecule has 1 atom stereocenters. The van der Waals surface area contributed by atoms with Crippen molar-refractivity contribution in [2.75, 3.05) is 13.1 Å². The van der Waals surface area contributed by atoms with Crippen molar-refractivity contribution in [2.45, 2.75) is 70.4 Å². The summed E-state index contributed by atoms with van der Waals surface area (Å²) < 4.78 is 5.59. The topological polar surface area (TPSA) is 41.9 Å². The van der Waals surface area contributed by atoms with Crippen LogP contribution in [0.1, 0.15) is 76.1 Å². The van der Waals surface area contributed by atoms with Crippen LogP contribution in [0.4, 0.5) is 4.79 Å². The molecule has 1 aliphatic carbocycles. The molecule has 2 aromatic rings. The molecule has 4 heteroatoms. The van der Waals surface area contributed by atoms with Crippen LogP contribution < -0.4 is 0 Å². The molecule has 4 rings (SSSR count). The third-order valence-electron chi connectivity index (χ3n) is 6.65. The van der Waals surface area contributed by atoms with Gasteiger partial charge in [-0.05, 0) is 75.5 Å². The molecule has 1 unspecified atom stereocenters. The van der Waals surface area contributed by atoms with Crippen molar-refractivity contribution >= 4 is 11.8 Å². The average Bonchev–Trinajstić information content (AvgIpc) is 2.76. The molecule has 2 aromatic carbocycles. The van der Waals surface area contributed by atoms with E-state index < -0.39 is 5.60 Å². The SMILES string of the molecule is CC(/N=C1\CCC2(CCN(C(=O)OC(C)(C)C)CC2)c2ccccc21)c1ccccc1. The minimum atomic E-state index is -0.454. The summed E-state index contributed by atoms with van der Waals surface area (Å²) in [5.41, 5.74) is 4.84. The number of fused-ring (bicyclic) bond motifs is 2. The largest absolute Gasteiger partial charge is 0.444 e. The molecule has 0 radical (unpaired) electrons. The summed E-state index contributed by atoms with van der Waals surface area (Å²) in [4.78, 5) is 19.5. The third kappa shape index (κ3) is 4.68. The molecule has 31 heavy (non-hydrogen) atoms. The fourth-order valence-corrected chi connectivity index (χ4v) is 4.96. The van der Waals surface area contributed by atoms with Gasteiger partial charge < -0.3 is 9.64 Å². The van der Waals surface area contributed by atoms with Gasteiger partial charge in [0.15, 0.2) is 0 Å². The van der Waals surface area contributed by atoms with E-state index in [0.29, 0.717) is 0 Å². The summed E-state index contributed by atoms with van der Waals surface area (Å²) in [6.45, 7) is 9.43. The van der Waals surface area contributed by atoms with Crippen molar-refractivity contribution in [3.8, 4) is 0 Å². The second-order valence-corrected chi connectivity index (χ2v) is 9.96. The molecule has 0 aromatic heterocycles. The normalized spacial score (nSPS) is 20.4. The number of hydrogen-bond acceptors (Lipinski definition) is 3. The summed E-state index contributed by atoms with van der Waals surface area (Å²) in [6, 6.07) is 19.4.